The van der Waals surface area contributed by atoms with Crippen LogP contribution in [0.25, 0.3) is 0 Å². The van der Waals surface area contributed by atoms with Gasteiger partial charge in [0.15, 0.2) is 0 Å². The van der Waals surface area contributed by atoms with E-state index in [1.807, 2.05) is 45.0 Å². The Balaban J connectivity index is 1.58. The highest BCUT2D eigenvalue weighted by atomic mass is 35.5. The second-order valence-corrected chi connectivity index (χ2v) is 8.43. The lowest BCUT2D eigenvalue weighted by atomic mass is 9.98. The summed E-state index contributed by atoms with van der Waals surface area (Å²) in [6.45, 7) is 6.94. The fourth-order valence-corrected chi connectivity index (χ4v) is 3.29. The molecule has 0 spiro atoms. The van der Waals surface area contributed by atoms with Gasteiger partial charge in [0, 0.05) is 35.3 Å². The lowest BCUT2D eigenvalue weighted by Crippen LogP contribution is -2.35. The summed E-state index contributed by atoms with van der Waals surface area (Å²) in [5, 5.41) is 3.48. The third kappa shape index (κ3) is 5.26. The zero-order chi connectivity index (χ0) is 20.3. The average Bonchev–Trinajstić information content (AvgIpc) is 3.12. The van der Waals surface area contributed by atoms with Gasteiger partial charge in [-0.25, -0.2) is 4.79 Å². The predicted octanol–water partition coefficient (Wildman–Crippen LogP) is 5.32. The first-order valence-electron chi connectivity index (χ1n) is 9.36. The Morgan fingerprint density at radius 3 is 2.32 bits per heavy atom. The molecule has 148 valence electrons. The van der Waals surface area contributed by atoms with Crippen LogP contribution < -0.4 is 5.32 Å². The van der Waals surface area contributed by atoms with Gasteiger partial charge in [-0.15, -0.1) is 0 Å². The SMILES string of the molecule is CC(C)(C)OC(=O)N1CCC(c2ccc(NC(=O)c3ccc(Cl)cc3)cc2)C1. The number of ether oxygens (including phenoxy) is 1. The molecule has 5 nitrogen and oxygen atoms in total. The van der Waals surface area contributed by atoms with E-state index >= 15 is 0 Å². The summed E-state index contributed by atoms with van der Waals surface area (Å²) in [6.07, 6.45) is 0.636. The molecule has 1 aliphatic heterocycles. The maximum atomic E-state index is 12.3. The van der Waals surface area contributed by atoms with Gasteiger partial charge in [-0.3, -0.25) is 4.79 Å². The van der Waals surface area contributed by atoms with Gasteiger partial charge in [0.25, 0.3) is 5.91 Å². The minimum absolute atomic E-state index is 0.179. The Morgan fingerprint density at radius 2 is 1.71 bits per heavy atom. The van der Waals surface area contributed by atoms with Gasteiger partial charge >= 0.3 is 6.09 Å². The van der Waals surface area contributed by atoms with E-state index in [4.69, 9.17) is 16.3 Å². The number of amides is 2. The number of carbonyl (C=O) groups is 2. The van der Waals surface area contributed by atoms with Crippen molar-refractivity contribution in [3.63, 3.8) is 0 Å². The number of hydrogen-bond acceptors (Lipinski definition) is 3. The van der Waals surface area contributed by atoms with E-state index in [1.165, 1.54) is 0 Å². The summed E-state index contributed by atoms with van der Waals surface area (Å²) in [5.41, 5.74) is 1.94. The zero-order valence-electron chi connectivity index (χ0n) is 16.4. The molecule has 1 atom stereocenters. The predicted molar refractivity (Wildman–Crippen MR) is 111 cm³/mol. The topological polar surface area (TPSA) is 58.6 Å². The second-order valence-electron chi connectivity index (χ2n) is 7.99. The molecule has 1 fully saturated rings. The van der Waals surface area contributed by atoms with Crippen molar-refractivity contribution in [3.05, 3.63) is 64.7 Å². The van der Waals surface area contributed by atoms with Gasteiger partial charge in [-0.2, -0.15) is 0 Å². The van der Waals surface area contributed by atoms with Crippen LogP contribution in [-0.2, 0) is 4.74 Å². The molecule has 1 unspecified atom stereocenters. The molecule has 3 rings (SSSR count). The van der Waals surface area contributed by atoms with Gasteiger partial charge in [0.05, 0.1) is 0 Å². The molecule has 0 aliphatic carbocycles. The maximum absolute atomic E-state index is 12.3. The van der Waals surface area contributed by atoms with Gasteiger partial charge in [0.1, 0.15) is 5.60 Å². The monoisotopic (exact) mass is 400 g/mol. The van der Waals surface area contributed by atoms with Gasteiger partial charge in [-0.05, 0) is 69.2 Å². The summed E-state index contributed by atoms with van der Waals surface area (Å²) >= 11 is 5.85. The molecule has 1 saturated heterocycles. The number of likely N-dealkylation sites (tertiary alicyclic amines) is 1. The molecule has 2 aromatic rings. The average molecular weight is 401 g/mol. The smallest absolute Gasteiger partial charge is 0.410 e. The normalized spacial score (nSPS) is 16.7. The minimum atomic E-state index is -0.487. The van der Waals surface area contributed by atoms with Crippen LogP contribution in [0.1, 0.15) is 49.0 Å². The largest absolute Gasteiger partial charge is 0.444 e. The summed E-state index contributed by atoms with van der Waals surface area (Å²) in [5.74, 6) is 0.0925. The molecule has 1 N–H and O–H groups in total. The van der Waals surface area contributed by atoms with Crippen LogP contribution in [0.15, 0.2) is 48.5 Å². The van der Waals surface area contributed by atoms with Crippen LogP contribution in [-0.4, -0.2) is 35.6 Å². The lowest BCUT2D eigenvalue weighted by molar-refractivity contribution is 0.0292. The van der Waals surface area contributed by atoms with Gasteiger partial charge in [-0.1, -0.05) is 23.7 Å². The highest BCUT2D eigenvalue weighted by molar-refractivity contribution is 6.30. The van der Waals surface area contributed by atoms with Crippen molar-refractivity contribution >= 4 is 29.3 Å². The first-order chi connectivity index (χ1) is 13.2. The third-order valence-electron chi connectivity index (χ3n) is 4.59. The quantitative estimate of drug-likeness (QED) is 0.758. The number of anilines is 1. The van der Waals surface area contributed by atoms with E-state index in [-0.39, 0.29) is 17.9 Å². The highest BCUT2D eigenvalue weighted by Crippen LogP contribution is 2.29. The Bertz CT molecular complexity index is 842. The van der Waals surface area contributed by atoms with Crippen LogP contribution in [0.2, 0.25) is 5.02 Å². The van der Waals surface area contributed by atoms with Crippen LogP contribution in [0.3, 0.4) is 0 Å². The first kappa shape index (κ1) is 20.2. The van der Waals surface area contributed by atoms with Crippen LogP contribution in [0.4, 0.5) is 10.5 Å². The fourth-order valence-electron chi connectivity index (χ4n) is 3.17. The molecule has 28 heavy (non-hydrogen) atoms. The number of hydrogen-bond donors (Lipinski definition) is 1. The van der Waals surface area contributed by atoms with Crippen molar-refractivity contribution in [1.29, 1.82) is 0 Å². The molecule has 1 heterocycles. The highest BCUT2D eigenvalue weighted by Gasteiger charge is 2.30. The number of nitrogens with zero attached hydrogens (tertiary/aromatic N) is 1. The van der Waals surface area contributed by atoms with E-state index < -0.39 is 5.60 Å². The van der Waals surface area contributed by atoms with E-state index in [0.29, 0.717) is 23.7 Å². The van der Waals surface area contributed by atoms with E-state index in [9.17, 15) is 9.59 Å². The standard InChI is InChI=1S/C22H25ClN2O3/c1-22(2,3)28-21(27)25-13-12-17(14-25)15-6-10-19(11-7-15)24-20(26)16-4-8-18(23)9-5-16/h4-11,17H,12-14H2,1-3H3,(H,24,26). The first-order valence-corrected chi connectivity index (χ1v) is 9.74. The summed E-state index contributed by atoms with van der Waals surface area (Å²) in [4.78, 5) is 26.3. The van der Waals surface area contributed by atoms with Crippen molar-refractivity contribution < 1.29 is 14.3 Å². The molecule has 2 aromatic carbocycles. The third-order valence-corrected chi connectivity index (χ3v) is 4.84. The Labute approximate surface area is 170 Å². The molecule has 0 aromatic heterocycles. The number of carbonyl (C=O) groups excluding carboxylic acids is 2. The Hall–Kier alpha value is -2.53. The summed E-state index contributed by atoms with van der Waals surface area (Å²) in [7, 11) is 0. The van der Waals surface area contributed by atoms with Crippen LogP contribution in [0, 0.1) is 0 Å². The van der Waals surface area contributed by atoms with Crippen LogP contribution >= 0.6 is 11.6 Å². The molecule has 0 saturated carbocycles. The molecule has 2 amide bonds. The van der Waals surface area contributed by atoms with Crippen LogP contribution in [0.5, 0.6) is 0 Å². The van der Waals surface area contributed by atoms with Crippen molar-refractivity contribution in [2.75, 3.05) is 18.4 Å². The molecule has 0 radical (unpaired) electrons. The van der Waals surface area contributed by atoms with E-state index in [2.05, 4.69) is 5.32 Å². The molecular weight excluding hydrogens is 376 g/mol. The van der Waals surface area contributed by atoms with Gasteiger partial charge in [0.2, 0.25) is 0 Å². The van der Waals surface area contributed by atoms with Crippen molar-refractivity contribution in [2.45, 2.75) is 38.7 Å². The number of halogens is 1. The minimum Gasteiger partial charge on any atom is -0.444 e. The van der Waals surface area contributed by atoms with E-state index in [1.54, 1.807) is 29.2 Å². The van der Waals surface area contributed by atoms with Crippen molar-refractivity contribution in [3.8, 4) is 0 Å². The Kier molecular flexibility index (Phi) is 5.94. The molecule has 1 aliphatic rings. The molecular formula is C22H25ClN2O3. The molecule has 6 heteroatoms. The molecule has 0 bridgehead atoms. The number of benzene rings is 2. The van der Waals surface area contributed by atoms with Gasteiger partial charge < -0.3 is 15.0 Å². The maximum Gasteiger partial charge on any atom is 0.410 e. The second kappa shape index (κ2) is 8.23. The summed E-state index contributed by atoms with van der Waals surface area (Å²) in [6, 6.07) is 14.5. The zero-order valence-corrected chi connectivity index (χ0v) is 17.1. The summed E-state index contributed by atoms with van der Waals surface area (Å²) < 4.78 is 5.45. The number of nitrogens with one attached hydrogen (secondary N) is 1. The van der Waals surface area contributed by atoms with Crippen molar-refractivity contribution in [2.24, 2.45) is 0 Å². The number of rotatable bonds is 3. The Morgan fingerprint density at radius 1 is 1.07 bits per heavy atom. The fraction of sp³-hybridized carbons (Fsp3) is 0.364. The lowest BCUT2D eigenvalue weighted by Gasteiger charge is -2.24. The van der Waals surface area contributed by atoms with Crippen molar-refractivity contribution in [1.82, 2.24) is 4.90 Å². The van der Waals surface area contributed by atoms with E-state index in [0.717, 1.165) is 17.7 Å².